The highest BCUT2D eigenvalue weighted by molar-refractivity contribution is 5.95. The van der Waals surface area contributed by atoms with Crippen LogP contribution in [-0.4, -0.2) is 187 Å². The van der Waals surface area contributed by atoms with Gasteiger partial charge in [0.05, 0.1) is 38.4 Å². The number of benzene rings is 12. The highest BCUT2D eigenvalue weighted by atomic mass is 19.1. The van der Waals surface area contributed by atoms with Gasteiger partial charge in [-0.15, -0.1) is 0 Å². The molecular formula is C114H128F4N8O8. The van der Waals surface area contributed by atoms with Gasteiger partial charge in [0.2, 0.25) is 0 Å². The average Bonchev–Trinajstić information content (AvgIpc) is 0.794. The third-order valence-corrected chi connectivity index (χ3v) is 26.9. The largest absolute Gasteiger partial charge is 0.508 e. The standard InChI is InChI=1S/2C29H33FN2O2.2C28H31FN2O2/c1-20-18-32(21(2)17-31(20)19-23-7-5-9-27(30)15-23)29(26-8-6-10-28(16-26)34-4)25-13-11-24(12-14-25)22(3)33;1-20-18-32(21(2)17-31(20)19-26-8-5-6-11-28(26)30)29(25-9-7-10-27(16-25)34-4)24-14-12-23(13-15-24)22(3)33;1-19-17-31(20(2)16-30(19)18-22-6-4-8-26(29)14-22)28(25-7-5-9-27(33)15-25)24-12-10-23(11-13-24)21(3)32;1-19-17-31(20(2)16-30(19)18-25-7-4-5-10-27(25)29)28(24-8-6-9-26(33)15-24)23-13-11-22(12-14-23)21(3)32/h2*5-16,20-21,29H,17-19H2,1-4H3;2*4-15,19-20,28,33H,16-18H2,1-3H3/t2*20-,21+,29+;2*19-,20+,28+/m1111/s1. The van der Waals surface area contributed by atoms with Crippen LogP contribution in [0.1, 0.15) is 215 Å². The number of piperazine rings is 4. The van der Waals surface area contributed by atoms with Gasteiger partial charge in [0.25, 0.3) is 0 Å². The first-order valence-corrected chi connectivity index (χ1v) is 46.6. The van der Waals surface area contributed by atoms with Crippen LogP contribution in [0.4, 0.5) is 17.6 Å². The molecule has 0 unspecified atom stereocenters. The highest BCUT2D eigenvalue weighted by Gasteiger charge is 2.41. The van der Waals surface area contributed by atoms with Gasteiger partial charge in [-0.25, -0.2) is 17.6 Å². The van der Waals surface area contributed by atoms with Crippen LogP contribution < -0.4 is 9.47 Å². The van der Waals surface area contributed by atoms with Gasteiger partial charge in [-0.3, -0.25) is 58.4 Å². The summed E-state index contributed by atoms with van der Waals surface area (Å²) in [5.74, 6) is 1.63. The Morgan fingerprint density at radius 3 is 0.791 bits per heavy atom. The van der Waals surface area contributed by atoms with Crippen LogP contribution >= 0.6 is 0 Å². The lowest BCUT2D eigenvalue weighted by Crippen LogP contribution is -2.56. The van der Waals surface area contributed by atoms with E-state index in [2.05, 4.69) is 143 Å². The molecule has 4 heterocycles. The Bertz CT molecular complexity index is 5930. The van der Waals surface area contributed by atoms with Gasteiger partial charge < -0.3 is 19.7 Å². The predicted molar refractivity (Wildman–Crippen MR) is 525 cm³/mol. The number of phenols is 2. The summed E-state index contributed by atoms with van der Waals surface area (Å²) in [5.41, 5.74) is 15.0. The smallest absolute Gasteiger partial charge is 0.159 e. The lowest BCUT2D eigenvalue weighted by molar-refractivity contribution is 0.0190. The zero-order chi connectivity index (χ0) is 95.6. The van der Waals surface area contributed by atoms with Crippen molar-refractivity contribution in [2.45, 2.75) is 182 Å². The van der Waals surface area contributed by atoms with Crippen LogP contribution in [0.5, 0.6) is 23.0 Å². The van der Waals surface area contributed by atoms with Crippen molar-refractivity contribution in [3.63, 3.8) is 0 Å². The Morgan fingerprint density at radius 1 is 0.284 bits per heavy atom. The van der Waals surface area contributed by atoms with Gasteiger partial charge in [-0.05, 0) is 224 Å². The lowest BCUT2D eigenvalue weighted by atomic mass is 9.92. The van der Waals surface area contributed by atoms with E-state index in [0.29, 0.717) is 47.9 Å². The Hall–Kier alpha value is -12.1. The second-order valence-corrected chi connectivity index (χ2v) is 36.8. The molecule has 16 rings (SSSR count). The van der Waals surface area contributed by atoms with E-state index in [1.165, 1.54) is 24.3 Å². The molecule has 12 aromatic carbocycles. The summed E-state index contributed by atoms with van der Waals surface area (Å²) >= 11 is 0. The maximum atomic E-state index is 14.3. The number of nitrogens with zero attached hydrogens (tertiary/aromatic N) is 8. The first-order valence-electron chi connectivity index (χ1n) is 46.6. The van der Waals surface area contributed by atoms with Crippen molar-refractivity contribution >= 4 is 23.1 Å². The number of hydrogen-bond donors (Lipinski definition) is 2. The summed E-state index contributed by atoms with van der Waals surface area (Å²) in [6.07, 6.45) is 0. The van der Waals surface area contributed by atoms with Crippen molar-refractivity contribution < 1.29 is 56.4 Å². The van der Waals surface area contributed by atoms with Gasteiger partial charge in [0, 0.05) is 160 Å². The molecule has 0 amide bonds. The van der Waals surface area contributed by atoms with Crippen molar-refractivity contribution in [3.8, 4) is 23.0 Å². The Kier molecular flexibility index (Phi) is 34.3. The average molecular weight is 1810 g/mol. The molecule has 4 saturated heterocycles. The Balaban J connectivity index is 0.000000152. The molecule has 12 atom stereocenters. The van der Waals surface area contributed by atoms with E-state index in [1.807, 2.05) is 170 Å². The number of methoxy groups -OCH3 is 2. The fourth-order valence-corrected chi connectivity index (χ4v) is 19.6. The van der Waals surface area contributed by atoms with Gasteiger partial charge in [-0.2, -0.15) is 0 Å². The van der Waals surface area contributed by atoms with E-state index in [-0.39, 0.29) is 124 Å². The predicted octanol–water partition coefficient (Wildman–Crippen LogP) is 22.3. The third-order valence-electron chi connectivity index (χ3n) is 26.9. The van der Waals surface area contributed by atoms with Crippen LogP contribution in [0.3, 0.4) is 0 Å². The molecule has 0 radical (unpaired) electrons. The van der Waals surface area contributed by atoms with Crippen LogP contribution in [0.25, 0.3) is 0 Å². The number of aromatic hydroxyl groups is 2. The SMILES string of the molecule is CC(=O)c1ccc([C@@H](c2cccc(O)c2)N2C[C@@H](C)N(Cc3cccc(F)c3)C[C@@H]2C)cc1.CC(=O)c1ccc([C@@H](c2cccc(O)c2)N2C[C@@H](C)N(Cc3ccccc3F)C[C@@H]2C)cc1.COc1cccc([C@H](c2ccc(C(C)=O)cc2)N2C[C@@H](C)N(Cc3cccc(F)c3)C[C@@H]2C)c1.COc1cccc([C@H](c2ccc(C(C)=O)cc2)N2C[C@@H](C)N(Cc3ccccc3F)C[C@@H]2C)c1. The third kappa shape index (κ3) is 25.5. The summed E-state index contributed by atoms with van der Waals surface area (Å²) in [6, 6.07) is 92.3. The van der Waals surface area contributed by atoms with Crippen molar-refractivity contribution in [2.24, 2.45) is 0 Å². The number of ether oxygens (including phenoxy) is 2. The van der Waals surface area contributed by atoms with Crippen molar-refractivity contribution in [2.75, 3.05) is 66.6 Å². The molecule has 0 spiro atoms. The minimum atomic E-state index is -0.204. The monoisotopic (exact) mass is 1810 g/mol. The van der Waals surface area contributed by atoms with Gasteiger partial charge >= 0.3 is 0 Å². The van der Waals surface area contributed by atoms with Crippen LogP contribution in [0.15, 0.2) is 291 Å². The minimum absolute atomic E-state index is 0.0177. The van der Waals surface area contributed by atoms with E-state index in [4.69, 9.17) is 9.47 Å². The van der Waals surface area contributed by atoms with E-state index in [9.17, 15) is 47.0 Å². The topological polar surface area (TPSA) is 153 Å². The van der Waals surface area contributed by atoms with Crippen LogP contribution in [0, 0.1) is 23.3 Å². The summed E-state index contributed by atoms with van der Waals surface area (Å²) in [4.78, 5) is 66.7. The van der Waals surface area contributed by atoms with Gasteiger partial charge in [-0.1, -0.05) is 206 Å². The molecule has 4 fully saturated rings. The number of Topliss-reactive ketones (excluding diaryl/α,β-unsaturated/α-hetero) is 4. The fourth-order valence-electron chi connectivity index (χ4n) is 19.6. The summed E-state index contributed by atoms with van der Waals surface area (Å²) in [7, 11) is 3.37. The van der Waals surface area contributed by atoms with Gasteiger partial charge in [0.15, 0.2) is 23.1 Å². The van der Waals surface area contributed by atoms with Crippen molar-refractivity contribution in [1.82, 2.24) is 39.2 Å². The molecule has 12 aromatic rings. The van der Waals surface area contributed by atoms with Crippen LogP contribution in [0.2, 0.25) is 0 Å². The summed E-state index contributed by atoms with van der Waals surface area (Å²) in [5, 5.41) is 20.3. The molecule has 0 aromatic heterocycles. The number of ketones is 4. The molecule has 20 heteroatoms. The maximum absolute atomic E-state index is 14.3. The molecule has 0 aliphatic carbocycles. The molecular weight excluding hydrogens is 1690 g/mol. The summed E-state index contributed by atoms with van der Waals surface area (Å²) < 4.78 is 67.0. The highest BCUT2D eigenvalue weighted by Crippen LogP contribution is 2.42. The quantitative estimate of drug-likeness (QED) is 0.0390. The second-order valence-electron chi connectivity index (χ2n) is 36.8. The molecule has 0 saturated carbocycles. The molecule has 4 aliphatic rings. The minimum Gasteiger partial charge on any atom is -0.508 e. The number of halogens is 4. The molecule has 0 bridgehead atoms. The van der Waals surface area contributed by atoms with Crippen molar-refractivity contribution in [1.29, 1.82) is 0 Å². The Labute approximate surface area is 789 Å². The van der Waals surface area contributed by atoms with Crippen molar-refractivity contribution in [3.05, 3.63) is 403 Å². The second kappa shape index (κ2) is 46.2. The number of carbonyl (C=O) groups excluding carboxylic acids is 4. The molecule has 134 heavy (non-hydrogen) atoms. The maximum Gasteiger partial charge on any atom is 0.159 e. The normalized spacial score (nSPS) is 20.3. The number of hydrogen-bond acceptors (Lipinski definition) is 16. The van der Waals surface area contributed by atoms with Gasteiger partial charge in [0.1, 0.15) is 46.3 Å². The first-order chi connectivity index (χ1) is 64.4. The van der Waals surface area contributed by atoms with E-state index in [1.54, 1.807) is 90.4 Å². The van der Waals surface area contributed by atoms with E-state index < -0.39 is 0 Å². The number of carbonyl (C=O) groups is 4. The first kappa shape index (κ1) is 99.4. The number of phenolic OH excluding ortho intramolecular Hbond substituents is 2. The number of rotatable bonds is 26. The summed E-state index contributed by atoms with van der Waals surface area (Å²) in [6.45, 7) is 33.4. The van der Waals surface area contributed by atoms with Crippen LogP contribution in [-0.2, 0) is 26.2 Å². The fraction of sp³-hybridized carbons (Fsp3) is 0.333. The van der Waals surface area contributed by atoms with E-state index >= 15 is 0 Å². The lowest BCUT2D eigenvalue weighted by Gasteiger charge is -2.47. The zero-order valence-electron chi connectivity index (χ0n) is 79.6. The molecule has 4 aliphatic heterocycles. The zero-order valence-corrected chi connectivity index (χ0v) is 79.6. The molecule has 700 valence electrons. The molecule has 16 nitrogen and oxygen atoms in total. The molecule has 2 N–H and O–H groups in total. The van der Waals surface area contributed by atoms with E-state index in [0.717, 1.165) is 137 Å². The Morgan fingerprint density at radius 2 is 0.537 bits per heavy atom.